The van der Waals surface area contributed by atoms with Crippen LogP contribution in [0.4, 0.5) is 5.82 Å². The van der Waals surface area contributed by atoms with Gasteiger partial charge < -0.3 is 15.3 Å². The number of allylic oxidation sites excluding steroid dienone is 3. The van der Waals surface area contributed by atoms with Gasteiger partial charge in [0.2, 0.25) is 0 Å². The summed E-state index contributed by atoms with van der Waals surface area (Å²) < 4.78 is 2.02. The number of nitrogen functional groups attached to an aromatic ring is 1. The van der Waals surface area contributed by atoms with Crippen LogP contribution in [0.15, 0.2) is 73.1 Å². The Morgan fingerprint density at radius 3 is 2.66 bits per heavy atom. The summed E-state index contributed by atoms with van der Waals surface area (Å²) in [4.78, 5) is 16.3. The molecule has 4 heterocycles. The van der Waals surface area contributed by atoms with E-state index in [9.17, 15) is 0 Å². The van der Waals surface area contributed by atoms with Gasteiger partial charge in [0.25, 0.3) is 0 Å². The van der Waals surface area contributed by atoms with Crippen LogP contribution in [0.5, 0.6) is 0 Å². The zero-order valence-corrected chi connectivity index (χ0v) is 17.9. The number of nitrogens with zero attached hydrogens (tertiary/aromatic N) is 4. The Morgan fingerprint density at radius 2 is 1.91 bits per heavy atom. The minimum absolute atomic E-state index is 0.307. The maximum atomic E-state index is 8.91. The topological polar surface area (TPSA) is 109 Å². The summed E-state index contributed by atoms with van der Waals surface area (Å²) in [6.45, 7) is 4.08. The molecule has 0 saturated heterocycles. The Morgan fingerprint density at radius 1 is 1.09 bits per heavy atom. The average Bonchev–Trinajstić information content (AvgIpc) is 3.38. The predicted molar refractivity (Wildman–Crippen MR) is 126 cm³/mol. The summed E-state index contributed by atoms with van der Waals surface area (Å²) in [5.41, 5.74) is 15.0. The quantitative estimate of drug-likeness (QED) is 0.425. The second-order valence-electron chi connectivity index (χ2n) is 8.01. The number of aryl methyl sites for hydroxylation is 1. The molecule has 1 aliphatic rings. The van der Waals surface area contributed by atoms with Crippen LogP contribution >= 0.6 is 0 Å². The van der Waals surface area contributed by atoms with Gasteiger partial charge in [0.05, 0.1) is 29.1 Å². The molecule has 0 aromatic carbocycles. The van der Waals surface area contributed by atoms with E-state index in [2.05, 4.69) is 39.0 Å². The van der Waals surface area contributed by atoms with E-state index in [0.717, 1.165) is 40.2 Å². The molecule has 4 N–H and O–H groups in total. The lowest BCUT2D eigenvalue weighted by atomic mass is 10.0. The fourth-order valence-corrected chi connectivity index (χ4v) is 3.95. The third kappa shape index (κ3) is 3.54. The van der Waals surface area contributed by atoms with Gasteiger partial charge in [0.15, 0.2) is 0 Å². The van der Waals surface area contributed by atoms with Crippen molar-refractivity contribution in [3.63, 3.8) is 0 Å². The van der Waals surface area contributed by atoms with Gasteiger partial charge in [0.1, 0.15) is 5.82 Å². The summed E-state index contributed by atoms with van der Waals surface area (Å²) >= 11 is 0. The zero-order valence-electron chi connectivity index (χ0n) is 17.9. The van der Waals surface area contributed by atoms with Gasteiger partial charge in [-0.05, 0) is 49.8 Å². The fraction of sp³-hybridized carbons (Fsp3) is 0.120. The van der Waals surface area contributed by atoms with E-state index in [0.29, 0.717) is 22.8 Å². The Labute approximate surface area is 185 Å². The van der Waals surface area contributed by atoms with Crippen LogP contribution < -0.4 is 5.73 Å². The van der Waals surface area contributed by atoms with E-state index < -0.39 is 0 Å². The lowest BCUT2D eigenvalue weighted by molar-refractivity contribution is 1.05. The molecule has 0 bridgehead atoms. The monoisotopic (exact) mass is 421 g/mol. The van der Waals surface area contributed by atoms with E-state index in [1.165, 1.54) is 5.57 Å². The second kappa shape index (κ2) is 7.77. The minimum Gasteiger partial charge on any atom is -0.383 e. The Hall–Kier alpha value is -4.26. The number of pyridine rings is 2. The molecular weight excluding hydrogens is 398 g/mol. The fourth-order valence-electron chi connectivity index (χ4n) is 3.95. The highest BCUT2D eigenvalue weighted by Crippen LogP contribution is 2.30. The van der Waals surface area contributed by atoms with E-state index in [1.54, 1.807) is 18.6 Å². The van der Waals surface area contributed by atoms with Gasteiger partial charge in [-0.25, -0.2) is 9.97 Å². The minimum atomic E-state index is 0.307. The van der Waals surface area contributed by atoms with E-state index >= 15 is 0 Å². The molecule has 0 aliphatic heterocycles. The SMILES string of the molecule is CC1=CC=C(n2cnc(C)c2)c2cc(C(=N)c3cc(-c4ccncc4)cnc3N)[nH]c2C1. The molecule has 0 radical (unpaired) electrons. The Bertz CT molecular complexity index is 1390. The van der Waals surface area contributed by atoms with Crippen molar-refractivity contribution in [2.24, 2.45) is 0 Å². The third-order valence-electron chi connectivity index (χ3n) is 5.62. The number of imidazole rings is 1. The predicted octanol–water partition coefficient (Wildman–Crippen LogP) is 4.37. The maximum absolute atomic E-state index is 8.91. The normalized spacial score (nSPS) is 13.2. The lowest BCUT2D eigenvalue weighted by Crippen LogP contribution is -2.08. The standard InChI is InChI=1S/C25H23N7/c1-15-3-4-23(32-13-16(2)30-14-32)19-11-22(31-21(19)9-15)24(26)20-10-18(12-29-25(20)27)17-5-7-28-8-6-17/h3-8,10-14,26,31H,9H2,1-2H3,(H2,27,29). The molecule has 0 saturated carbocycles. The summed E-state index contributed by atoms with van der Waals surface area (Å²) in [6, 6.07) is 7.75. The van der Waals surface area contributed by atoms with Crippen molar-refractivity contribution in [3.8, 4) is 11.1 Å². The first-order chi connectivity index (χ1) is 15.5. The molecule has 7 nitrogen and oxygen atoms in total. The van der Waals surface area contributed by atoms with Crippen molar-refractivity contribution in [2.45, 2.75) is 20.3 Å². The zero-order chi connectivity index (χ0) is 22.2. The molecule has 0 amide bonds. The summed E-state index contributed by atoms with van der Waals surface area (Å²) in [5, 5.41) is 8.91. The van der Waals surface area contributed by atoms with Gasteiger partial charge in [-0.3, -0.25) is 10.4 Å². The summed E-state index contributed by atoms with van der Waals surface area (Å²) in [6.07, 6.45) is 14.0. The Kier molecular flexibility index (Phi) is 4.78. The van der Waals surface area contributed by atoms with Crippen molar-refractivity contribution in [3.05, 3.63) is 101 Å². The molecule has 4 aromatic rings. The number of nitrogens with one attached hydrogen (secondary N) is 2. The molecule has 7 heteroatoms. The summed E-state index contributed by atoms with van der Waals surface area (Å²) in [5.74, 6) is 0.328. The number of hydrogen-bond donors (Lipinski definition) is 3. The number of nitrogens with two attached hydrogens (primary N) is 1. The van der Waals surface area contributed by atoms with Crippen LogP contribution in [0.25, 0.3) is 16.8 Å². The van der Waals surface area contributed by atoms with Crippen LogP contribution in [0, 0.1) is 12.3 Å². The highest BCUT2D eigenvalue weighted by Gasteiger charge is 2.20. The van der Waals surface area contributed by atoms with E-state index in [-0.39, 0.29) is 0 Å². The molecule has 0 fully saturated rings. The van der Waals surface area contributed by atoms with Gasteiger partial charge in [-0.15, -0.1) is 0 Å². The molecule has 0 atom stereocenters. The highest BCUT2D eigenvalue weighted by atomic mass is 15.0. The van der Waals surface area contributed by atoms with Gasteiger partial charge in [-0.1, -0.05) is 11.6 Å². The van der Waals surface area contributed by atoms with Crippen LogP contribution in [0.2, 0.25) is 0 Å². The van der Waals surface area contributed by atoms with Crippen molar-refractivity contribution >= 4 is 17.2 Å². The first kappa shape index (κ1) is 19.7. The van der Waals surface area contributed by atoms with Gasteiger partial charge in [0, 0.05) is 53.6 Å². The smallest absolute Gasteiger partial charge is 0.132 e. The number of hydrogen-bond acceptors (Lipinski definition) is 5. The number of rotatable bonds is 4. The van der Waals surface area contributed by atoms with Gasteiger partial charge in [-0.2, -0.15) is 0 Å². The summed E-state index contributed by atoms with van der Waals surface area (Å²) in [7, 11) is 0. The molecule has 4 aromatic heterocycles. The van der Waals surface area contributed by atoms with Crippen molar-refractivity contribution in [1.29, 1.82) is 5.41 Å². The molecule has 32 heavy (non-hydrogen) atoms. The molecule has 158 valence electrons. The number of aromatic nitrogens is 5. The molecular formula is C25H23N7. The van der Waals surface area contributed by atoms with Crippen LogP contribution in [-0.4, -0.2) is 30.2 Å². The van der Waals surface area contributed by atoms with E-state index in [1.807, 2.05) is 48.3 Å². The van der Waals surface area contributed by atoms with Crippen LogP contribution in [-0.2, 0) is 6.42 Å². The first-order valence-corrected chi connectivity index (χ1v) is 10.4. The number of H-pyrrole nitrogens is 1. The van der Waals surface area contributed by atoms with Crippen LogP contribution in [0.3, 0.4) is 0 Å². The van der Waals surface area contributed by atoms with Crippen molar-refractivity contribution in [2.75, 3.05) is 5.73 Å². The van der Waals surface area contributed by atoms with Crippen molar-refractivity contribution < 1.29 is 0 Å². The van der Waals surface area contributed by atoms with Gasteiger partial charge >= 0.3 is 0 Å². The average molecular weight is 422 g/mol. The Balaban J connectivity index is 1.57. The largest absolute Gasteiger partial charge is 0.383 e. The molecule has 1 aliphatic carbocycles. The number of fused-ring (bicyclic) bond motifs is 1. The molecule has 5 rings (SSSR count). The molecule has 0 unspecified atom stereocenters. The lowest BCUT2D eigenvalue weighted by Gasteiger charge is -2.09. The molecule has 0 spiro atoms. The third-order valence-corrected chi connectivity index (χ3v) is 5.62. The number of aromatic amines is 1. The second-order valence-corrected chi connectivity index (χ2v) is 8.01. The van der Waals surface area contributed by atoms with Crippen molar-refractivity contribution in [1.82, 2.24) is 24.5 Å². The first-order valence-electron chi connectivity index (χ1n) is 10.4. The maximum Gasteiger partial charge on any atom is 0.132 e. The highest BCUT2D eigenvalue weighted by molar-refractivity contribution is 6.13. The van der Waals surface area contributed by atoms with Crippen LogP contribution in [0.1, 0.15) is 35.1 Å². The number of anilines is 1. The van der Waals surface area contributed by atoms with E-state index in [4.69, 9.17) is 11.1 Å².